The van der Waals surface area contributed by atoms with Crippen LogP contribution in [-0.4, -0.2) is 45.7 Å². The number of hydrogen-bond acceptors (Lipinski definition) is 4. The van der Waals surface area contributed by atoms with Crippen LogP contribution in [0.3, 0.4) is 0 Å². The second kappa shape index (κ2) is 8.47. The third-order valence-electron chi connectivity index (χ3n) is 6.10. The van der Waals surface area contributed by atoms with Gasteiger partial charge in [-0.1, -0.05) is 31.1 Å². The van der Waals surface area contributed by atoms with Crippen LogP contribution in [0, 0.1) is 17.8 Å². The summed E-state index contributed by atoms with van der Waals surface area (Å²) in [5.41, 5.74) is 0.182. The maximum Gasteiger partial charge on any atom is 0.226 e. The molecule has 3 fully saturated rings. The van der Waals surface area contributed by atoms with E-state index in [1.807, 2.05) is 11.0 Å². The molecule has 0 aromatic carbocycles. The third-order valence-corrected chi connectivity index (χ3v) is 6.10. The van der Waals surface area contributed by atoms with Gasteiger partial charge in [0, 0.05) is 37.7 Å². The predicted molar refractivity (Wildman–Crippen MR) is 112 cm³/mol. The van der Waals surface area contributed by atoms with Crippen molar-refractivity contribution in [1.29, 1.82) is 0 Å². The molecule has 4 rings (SSSR count). The summed E-state index contributed by atoms with van der Waals surface area (Å²) in [6.45, 7) is 1.97. The fourth-order valence-electron chi connectivity index (χ4n) is 4.33. The van der Waals surface area contributed by atoms with Gasteiger partial charge in [0.05, 0.1) is 5.92 Å². The van der Waals surface area contributed by atoms with Gasteiger partial charge >= 0.3 is 0 Å². The van der Waals surface area contributed by atoms with Crippen LogP contribution in [0.5, 0.6) is 0 Å². The number of carbonyl (C=O) groups excluding carboxylic acids is 3. The lowest BCUT2D eigenvalue weighted by Gasteiger charge is -2.34. The molecule has 1 saturated heterocycles. The molecule has 7 nitrogen and oxygen atoms in total. The van der Waals surface area contributed by atoms with Crippen LogP contribution in [0.2, 0.25) is 0 Å². The summed E-state index contributed by atoms with van der Waals surface area (Å²) in [6.07, 6.45) is 8.86. The molecule has 2 aliphatic carbocycles. The number of anilines is 1. The minimum Gasteiger partial charge on any atom is -0.339 e. The quantitative estimate of drug-likeness (QED) is 0.748. The predicted octanol–water partition coefficient (Wildman–Crippen LogP) is 2.22. The number of hydrogen-bond donors (Lipinski definition) is 2. The molecule has 1 unspecified atom stereocenters. The van der Waals surface area contributed by atoms with Gasteiger partial charge in [-0.2, -0.15) is 0 Å². The molecule has 158 valence electrons. The zero-order valence-electron chi connectivity index (χ0n) is 17.4. The van der Waals surface area contributed by atoms with E-state index in [0.717, 1.165) is 50.5 Å². The fraction of sp³-hybridized carbons (Fsp3) is 0.565. The largest absolute Gasteiger partial charge is 0.339 e. The Kier molecular flexibility index (Phi) is 5.76. The Morgan fingerprint density at radius 2 is 1.97 bits per heavy atom. The molecule has 2 saturated carbocycles. The molecule has 7 heteroatoms. The SMILES string of the molecule is CC(=O)Nc1ccc(C#CC2(NC(=O)C3CC(=O)N(C4CC4)C3)CCCCC2)cn1. The van der Waals surface area contributed by atoms with Crippen molar-refractivity contribution in [3.63, 3.8) is 0 Å². The lowest BCUT2D eigenvalue weighted by Crippen LogP contribution is -2.51. The van der Waals surface area contributed by atoms with Crippen LogP contribution < -0.4 is 10.6 Å². The van der Waals surface area contributed by atoms with Crippen LogP contribution in [0.4, 0.5) is 5.82 Å². The van der Waals surface area contributed by atoms with E-state index in [1.165, 1.54) is 6.92 Å². The highest BCUT2D eigenvalue weighted by Crippen LogP contribution is 2.34. The Morgan fingerprint density at radius 1 is 1.20 bits per heavy atom. The molecule has 1 atom stereocenters. The molecule has 1 aromatic rings. The Bertz CT molecular complexity index is 889. The lowest BCUT2D eigenvalue weighted by atomic mass is 9.81. The van der Waals surface area contributed by atoms with Gasteiger partial charge in [0.1, 0.15) is 11.4 Å². The highest BCUT2D eigenvalue weighted by molar-refractivity contribution is 5.90. The van der Waals surface area contributed by atoms with Gasteiger partial charge in [0.2, 0.25) is 17.7 Å². The van der Waals surface area contributed by atoms with Gasteiger partial charge in [0.15, 0.2) is 0 Å². The average Bonchev–Trinajstić information content (AvgIpc) is 3.49. The van der Waals surface area contributed by atoms with E-state index in [-0.39, 0.29) is 23.6 Å². The van der Waals surface area contributed by atoms with Gasteiger partial charge < -0.3 is 15.5 Å². The number of pyridine rings is 1. The standard InChI is InChI=1S/C23H28N4O3/c1-16(28)25-20-8-5-17(14-24-20)9-12-23(10-3-2-4-11-23)26-22(30)18-13-21(29)27(15-18)19-6-7-19/h5,8,14,18-19H,2-4,6-7,10-11,13,15H2,1H3,(H,26,30)(H,24,25,28). The van der Waals surface area contributed by atoms with E-state index in [4.69, 9.17) is 0 Å². The summed E-state index contributed by atoms with van der Waals surface area (Å²) < 4.78 is 0. The van der Waals surface area contributed by atoms with Crippen LogP contribution >= 0.6 is 0 Å². The number of likely N-dealkylation sites (tertiary alicyclic amines) is 1. The van der Waals surface area contributed by atoms with Crippen molar-refractivity contribution in [2.75, 3.05) is 11.9 Å². The zero-order chi connectivity index (χ0) is 21.1. The number of amides is 3. The molecular weight excluding hydrogens is 380 g/mol. The lowest BCUT2D eigenvalue weighted by molar-refractivity contribution is -0.129. The smallest absolute Gasteiger partial charge is 0.226 e. The average molecular weight is 409 g/mol. The van der Waals surface area contributed by atoms with E-state index in [9.17, 15) is 14.4 Å². The van der Waals surface area contributed by atoms with E-state index < -0.39 is 5.54 Å². The minimum atomic E-state index is -0.554. The Hall–Kier alpha value is -2.88. The van der Waals surface area contributed by atoms with E-state index in [2.05, 4.69) is 27.5 Å². The van der Waals surface area contributed by atoms with E-state index >= 15 is 0 Å². The van der Waals surface area contributed by atoms with E-state index in [0.29, 0.717) is 24.8 Å². The second-order valence-electron chi connectivity index (χ2n) is 8.67. The Labute approximate surface area is 177 Å². The fourth-order valence-corrected chi connectivity index (χ4v) is 4.33. The maximum absolute atomic E-state index is 13.0. The van der Waals surface area contributed by atoms with Crippen LogP contribution in [-0.2, 0) is 14.4 Å². The number of nitrogens with one attached hydrogen (secondary N) is 2. The van der Waals surface area contributed by atoms with Crippen molar-refractivity contribution in [2.45, 2.75) is 69.9 Å². The van der Waals surface area contributed by atoms with Gasteiger partial charge in [0.25, 0.3) is 0 Å². The van der Waals surface area contributed by atoms with E-state index in [1.54, 1.807) is 12.3 Å². The van der Waals surface area contributed by atoms with Crippen molar-refractivity contribution in [3.8, 4) is 11.8 Å². The van der Waals surface area contributed by atoms with Gasteiger partial charge in [-0.15, -0.1) is 0 Å². The van der Waals surface area contributed by atoms with Crippen LogP contribution in [0.15, 0.2) is 18.3 Å². The highest BCUT2D eigenvalue weighted by atomic mass is 16.2. The van der Waals surface area contributed by atoms with Gasteiger partial charge in [-0.3, -0.25) is 14.4 Å². The first-order valence-electron chi connectivity index (χ1n) is 10.8. The topological polar surface area (TPSA) is 91.4 Å². The molecule has 0 bridgehead atoms. The summed E-state index contributed by atoms with van der Waals surface area (Å²) in [5.74, 6) is 6.56. The summed E-state index contributed by atoms with van der Waals surface area (Å²) in [5, 5.41) is 5.85. The third kappa shape index (κ3) is 4.81. The number of rotatable bonds is 4. The number of nitrogens with zero attached hydrogens (tertiary/aromatic N) is 2. The Morgan fingerprint density at radius 3 is 2.60 bits per heavy atom. The molecule has 0 radical (unpaired) electrons. The first-order valence-corrected chi connectivity index (χ1v) is 10.8. The summed E-state index contributed by atoms with van der Waals surface area (Å²) in [7, 11) is 0. The second-order valence-corrected chi connectivity index (χ2v) is 8.67. The summed E-state index contributed by atoms with van der Waals surface area (Å²) in [4.78, 5) is 42.4. The van der Waals surface area contributed by atoms with Gasteiger partial charge in [-0.25, -0.2) is 4.98 Å². The van der Waals surface area contributed by atoms with Crippen molar-refractivity contribution >= 4 is 23.5 Å². The molecule has 1 aromatic heterocycles. The first-order chi connectivity index (χ1) is 14.4. The molecule has 3 amide bonds. The highest BCUT2D eigenvalue weighted by Gasteiger charge is 2.43. The van der Waals surface area contributed by atoms with Crippen molar-refractivity contribution in [2.24, 2.45) is 5.92 Å². The molecule has 1 aliphatic heterocycles. The molecule has 2 heterocycles. The van der Waals surface area contributed by atoms with Gasteiger partial charge in [-0.05, 0) is 37.8 Å². The number of aromatic nitrogens is 1. The molecule has 30 heavy (non-hydrogen) atoms. The molecule has 3 aliphatic rings. The van der Waals surface area contributed by atoms with Crippen molar-refractivity contribution in [1.82, 2.24) is 15.2 Å². The Balaban J connectivity index is 1.45. The van der Waals surface area contributed by atoms with Crippen LogP contribution in [0.1, 0.15) is 63.9 Å². The first kappa shape index (κ1) is 20.4. The zero-order valence-corrected chi connectivity index (χ0v) is 17.4. The normalized spacial score (nSPS) is 22.8. The molecular formula is C23H28N4O3. The molecule has 0 spiro atoms. The summed E-state index contributed by atoms with van der Waals surface area (Å²) in [6, 6.07) is 3.88. The monoisotopic (exact) mass is 408 g/mol. The maximum atomic E-state index is 13.0. The number of carbonyl (C=O) groups is 3. The molecule has 2 N–H and O–H groups in total. The van der Waals surface area contributed by atoms with Crippen molar-refractivity contribution in [3.05, 3.63) is 23.9 Å². The van der Waals surface area contributed by atoms with Crippen molar-refractivity contribution < 1.29 is 14.4 Å². The van der Waals surface area contributed by atoms with Crippen LogP contribution in [0.25, 0.3) is 0 Å². The minimum absolute atomic E-state index is 0.0539. The summed E-state index contributed by atoms with van der Waals surface area (Å²) >= 11 is 0.